The predicted molar refractivity (Wildman–Crippen MR) is 299 cm³/mol. The van der Waals surface area contributed by atoms with Gasteiger partial charge in [-0.3, -0.25) is 0 Å². The van der Waals surface area contributed by atoms with Crippen molar-refractivity contribution in [2.75, 3.05) is 0 Å². The van der Waals surface area contributed by atoms with E-state index in [9.17, 15) is 0 Å². The van der Waals surface area contributed by atoms with Gasteiger partial charge in [0.05, 0.1) is 28.1 Å². The SMILES string of the molecule is CC(C)(C)c1ccc(-c2cc(-c3cc(-c4ccccc4)nc(-c4ccc(-c5ccccc5)cc4)n3)cc(-c3ccccc3)c2-n2c3ccc(-c4ccccc4)cc3c3cc(-c4ccccc4)ccc32)cc1. The molecule has 71 heavy (non-hydrogen) atoms. The van der Waals surface area contributed by atoms with Crippen LogP contribution >= 0.6 is 0 Å². The molecular formula is C68H51N3. The Hall–Kier alpha value is -8.92. The molecule has 338 valence electrons. The van der Waals surface area contributed by atoms with Crippen molar-refractivity contribution in [2.24, 2.45) is 0 Å². The fourth-order valence-corrected chi connectivity index (χ4v) is 10.0. The maximum atomic E-state index is 5.47. The van der Waals surface area contributed by atoms with E-state index in [-0.39, 0.29) is 5.41 Å². The first-order valence-corrected chi connectivity index (χ1v) is 24.5. The quantitative estimate of drug-likeness (QED) is 0.144. The van der Waals surface area contributed by atoms with Gasteiger partial charge in [0.25, 0.3) is 0 Å². The van der Waals surface area contributed by atoms with Crippen LogP contribution < -0.4 is 0 Å². The van der Waals surface area contributed by atoms with Crippen LogP contribution in [-0.2, 0) is 5.41 Å². The summed E-state index contributed by atoms with van der Waals surface area (Å²) in [5.74, 6) is 0.674. The molecule has 2 aromatic heterocycles. The Labute approximate surface area is 416 Å². The van der Waals surface area contributed by atoms with Gasteiger partial charge in [-0.05, 0) is 98.0 Å². The lowest BCUT2D eigenvalue weighted by Crippen LogP contribution is -2.10. The molecule has 0 N–H and O–H groups in total. The minimum atomic E-state index is -0.0113. The Morgan fingerprint density at radius 2 is 0.648 bits per heavy atom. The maximum Gasteiger partial charge on any atom is 0.160 e. The van der Waals surface area contributed by atoms with Gasteiger partial charge in [-0.1, -0.05) is 233 Å². The Kier molecular flexibility index (Phi) is 11.1. The second-order valence-electron chi connectivity index (χ2n) is 19.4. The summed E-state index contributed by atoms with van der Waals surface area (Å²) in [6.07, 6.45) is 0. The van der Waals surface area contributed by atoms with Crippen LogP contribution in [0.3, 0.4) is 0 Å². The van der Waals surface area contributed by atoms with E-state index in [1.165, 1.54) is 44.2 Å². The van der Waals surface area contributed by atoms with Crippen LogP contribution in [0.1, 0.15) is 26.3 Å². The first kappa shape index (κ1) is 43.4. The molecule has 10 aromatic carbocycles. The molecule has 2 heterocycles. The number of fused-ring (bicyclic) bond motifs is 3. The second-order valence-corrected chi connectivity index (χ2v) is 19.4. The summed E-state index contributed by atoms with van der Waals surface area (Å²) in [4.78, 5) is 10.7. The smallest absolute Gasteiger partial charge is 0.160 e. The lowest BCUT2D eigenvalue weighted by molar-refractivity contribution is 0.590. The van der Waals surface area contributed by atoms with E-state index in [4.69, 9.17) is 9.97 Å². The molecule has 0 aliphatic carbocycles. The van der Waals surface area contributed by atoms with Crippen molar-refractivity contribution in [2.45, 2.75) is 26.2 Å². The fourth-order valence-electron chi connectivity index (χ4n) is 10.0. The first-order valence-electron chi connectivity index (χ1n) is 24.5. The molecule has 0 spiro atoms. The number of rotatable bonds is 9. The zero-order valence-electron chi connectivity index (χ0n) is 40.1. The molecule has 3 nitrogen and oxygen atoms in total. The van der Waals surface area contributed by atoms with Crippen molar-refractivity contribution in [3.8, 4) is 95.2 Å². The number of aromatic nitrogens is 3. The highest BCUT2D eigenvalue weighted by Crippen LogP contribution is 2.46. The summed E-state index contributed by atoms with van der Waals surface area (Å²) < 4.78 is 2.52. The van der Waals surface area contributed by atoms with Gasteiger partial charge in [0.1, 0.15) is 0 Å². The lowest BCUT2D eigenvalue weighted by Gasteiger charge is -2.23. The van der Waals surface area contributed by atoms with Gasteiger partial charge in [-0.2, -0.15) is 0 Å². The van der Waals surface area contributed by atoms with E-state index in [2.05, 4.69) is 280 Å². The van der Waals surface area contributed by atoms with E-state index in [0.29, 0.717) is 5.82 Å². The molecule has 12 aromatic rings. The van der Waals surface area contributed by atoms with Crippen molar-refractivity contribution in [3.05, 3.63) is 260 Å². The van der Waals surface area contributed by atoms with Crippen LogP contribution in [0.25, 0.3) is 117 Å². The maximum absolute atomic E-state index is 5.47. The molecule has 0 unspecified atom stereocenters. The zero-order valence-corrected chi connectivity index (χ0v) is 40.1. The van der Waals surface area contributed by atoms with Gasteiger partial charge >= 0.3 is 0 Å². The Morgan fingerprint density at radius 3 is 1.11 bits per heavy atom. The summed E-state index contributed by atoms with van der Waals surface area (Å²) in [5.41, 5.74) is 20.9. The third kappa shape index (κ3) is 8.42. The van der Waals surface area contributed by atoms with Crippen molar-refractivity contribution < 1.29 is 0 Å². The molecule has 12 rings (SSSR count). The second kappa shape index (κ2) is 18.2. The monoisotopic (exact) mass is 909 g/mol. The molecule has 0 atom stereocenters. The lowest BCUT2D eigenvalue weighted by atomic mass is 9.85. The van der Waals surface area contributed by atoms with E-state index in [1.54, 1.807) is 0 Å². The van der Waals surface area contributed by atoms with Crippen LogP contribution in [0.15, 0.2) is 255 Å². The van der Waals surface area contributed by atoms with Crippen molar-refractivity contribution in [3.63, 3.8) is 0 Å². The van der Waals surface area contributed by atoms with Crippen LogP contribution in [-0.4, -0.2) is 14.5 Å². The van der Waals surface area contributed by atoms with Crippen LogP contribution in [0.5, 0.6) is 0 Å². The molecule has 0 aliphatic rings. The Balaban J connectivity index is 1.15. The molecule has 0 amide bonds. The number of nitrogens with zero attached hydrogens (tertiary/aromatic N) is 3. The fraction of sp³-hybridized carbons (Fsp3) is 0.0588. The van der Waals surface area contributed by atoms with Gasteiger partial charge < -0.3 is 4.57 Å². The van der Waals surface area contributed by atoms with E-state index >= 15 is 0 Å². The largest absolute Gasteiger partial charge is 0.308 e. The molecule has 3 heteroatoms. The highest BCUT2D eigenvalue weighted by Gasteiger charge is 2.24. The standard InChI is InChI=1S/C68H51N3/c1-68(2,3)57-37-33-51(34-38-57)59-44-56(63-45-62(52-27-17-8-18-28-52)69-67(70-63)53-31-29-49(30-32-53)46-19-9-4-10-20-46)43-58(50-25-15-7-16-26-50)66(59)71-64-39-35-54(47-21-11-5-12-22-47)41-60(64)61-42-55(36-40-65(61)71)48-23-13-6-14-24-48/h4-45H,1-3H3. The molecule has 0 saturated heterocycles. The van der Waals surface area contributed by atoms with Gasteiger partial charge in [0, 0.05) is 38.6 Å². The Bertz CT molecular complexity index is 3740. The molecule has 0 bridgehead atoms. The minimum absolute atomic E-state index is 0.0113. The zero-order chi connectivity index (χ0) is 47.9. The molecule has 0 radical (unpaired) electrons. The summed E-state index contributed by atoms with van der Waals surface area (Å²) >= 11 is 0. The van der Waals surface area contributed by atoms with Gasteiger partial charge in [-0.25, -0.2) is 9.97 Å². The highest BCUT2D eigenvalue weighted by atomic mass is 15.0. The molecule has 0 saturated carbocycles. The number of hydrogen-bond acceptors (Lipinski definition) is 2. The average molecular weight is 910 g/mol. The average Bonchev–Trinajstić information content (AvgIpc) is 3.76. The summed E-state index contributed by atoms with van der Waals surface area (Å²) in [6, 6.07) is 91.9. The molecular weight excluding hydrogens is 859 g/mol. The summed E-state index contributed by atoms with van der Waals surface area (Å²) in [7, 11) is 0. The Morgan fingerprint density at radius 1 is 0.296 bits per heavy atom. The highest BCUT2D eigenvalue weighted by molar-refractivity contribution is 6.13. The van der Waals surface area contributed by atoms with Crippen molar-refractivity contribution in [1.29, 1.82) is 0 Å². The van der Waals surface area contributed by atoms with E-state index in [1.807, 2.05) is 0 Å². The topological polar surface area (TPSA) is 30.7 Å². The number of benzene rings is 10. The van der Waals surface area contributed by atoms with Crippen LogP contribution in [0, 0.1) is 0 Å². The van der Waals surface area contributed by atoms with E-state index < -0.39 is 0 Å². The third-order valence-electron chi connectivity index (χ3n) is 13.8. The molecule has 0 aliphatic heterocycles. The first-order chi connectivity index (χ1) is 34.8. The normalized spacial score (nSPS) is 11.6. The summed E-state index contributed by atoms with van der Waals surface area (Å²) in [5, 5.41) is 2.39. The predicted octanol–water partition coefficient (Wildman–Crippen LogP) is 18.2. The van der Waals surface area contributed by atoms with Gasteiger partial charge in [0.15, 0.2) is 5.82 Å². The van der Waals surface area contributed by atoms with Gasteiger partial charge in [-0.15, -0.1) is 0 Å². The van der Waals surface area contributed by atoms with Crippen LogP contribution in [0.4, 0.5) is 0 Å². The molecule has 0 fully saturated rings. The summed E-state index contributed by atoms with van der Waals surface area (Å²) in [6.45, 7) is 6.83. The van der Waals surface area contributed by atoms with Crippen molar-refractivity contribution >= 4 is 21.8 Å². The minimum Gasteiger partial charge on any atom is -0.308 e. The third-order valence-corrected chi connectivity index (χ3v) is 13.8. The number of hydrogen-bond donors (Lipinski definition) is 0. The van der Waals surface area contributed by atoms with E-state index in [0.717, 1.165) is 72.6 Å². The van der Waals surface area contributed by atoms with Crippen molar-refractivity contribution in [1.82, 2.24) is 14.5 Å². The van der Waals surface area contributed by atoms with Crippen LogP contribution in [0.2, 0.25) is 0 Å². The van der Waals surface area contributed by atoms with Gasteiger partial charge in [0.2, 0.25) is 0 Å².